The van der Waals surface area contributed by atoms with Crippen LogP contribution in [0.1, 0.15) is 25.7 Å². The van der Waals surface area contributed by atoms with E-state index in [4.69, 9.17) is 4.74 Å². The van der Waals surface area contributed by atoms with Gasteiger partial charge in [-0.25, -0.2) is 0 Å². The second-order valence-electron chi connectivity index (χ2n) is 6.15. The van der Waals surface area contributed by atoms with E-state index >= 15 is 0 Å². The van der Waals surface area contributed by atoms with E-state index in [0.29, 0.717) is 6.10 Å². The fraction of sp³-hybridized carbons (Fsp3) is 0.867. The average Bonchev–Trinajstić information content (AvgIpc) is 3.30. The molecule has 1 aliphatic heterocycles. The van der Waals surface area contributed by atoms with Gasteiger partial charge < -0.3 is 19.9 Å². The Labute approximate surface area is 150 Å². The number of nitrogens with one attached hydrogen (secondary N) is 1. The Hall–Kier alpha value is -0.570. The highest BCUT2D eigenvalue weighted by Gasteiger charge is 2.26. The van der Waals surface area contributed by atoms with Gasteiger partial charge in [0.2, 0.25) is 5.91 Å². The van der Waals surface area contributed by atoms with Crippen LogP contribution in [0.2, 0.25) is 0 Å². The molecule has 2 aliphatic rings. The Morgan fingerprint density at radius 1 is 1.27 bits per heavy atom. The zero-order chi connectivity index (χ0) is 15.2. The summed E-state index contributed by atoms with van der Waals surface area (Å²) >= 11 is 0. The number of likely N-dealkylation sites (tertiary alicyclic amines) is 1. The summed E-state index contributed by atoms with van der Waals surface area (Å²) in [5.41, 5.74) is 0. The molecule has 0 unspecified atom stereocenters. The number of ether oxygens (including phenoxy) is 1. The molecule has 128 valence electrons. The van der Waals surface area contributed by atoms with Crippen LogP contribution in [0.3, 0.4) is 0 Å². The van der Waals surface area contributed by atoms with Gasteiger partial charge in [-0.05, 0) is 31.6 Å². The molecule has 6 nitrogen and oxygen atoms in total. The molecule has 1 heterocycles. The largest absolute Gasteiger partial charge is 0.378 e. The second-order valence-corrected chi connectivity index (χ2v) is 6.15. The van der Waals surface area contributed by atoms with E-state index in [2.05, 4.69) is 15.2 Å². The maximum Gasteiger partial charge on any atom is 0.241 e. The van der Waals surface area contributed by atoms with Gasteiger partial charge >= 0.3 is 0 Å². The highest BCUT2D eigenvalue weighted by molar-refractivity contribution is 14.0. The zero-order valence-corrected chi connectivity index (χ0v) is 16.2. The first-order valence-electron chi connectivity index (χ1n) is 7.87. The van der Waals surface area contributed by atoms with E-state index in [0.717, 1.165) is 44.4 Å². The predicted molar refractivity (Wildman–Crippen MR) is 98.7 cm³/mol. The number of guanidine groups is 1. The van der Waals surface area contributed by atoms with Crippen LogP contribution < -0.4 is 5.32 Å². The summed E-state index contributed by atoms with van der Waals surface area (Å²) in [5, 5.41) is 3.14. The van der Waals surface area contributed by atoms with Crippen LogP contribution in [-0.4, -0.2) is 75.2 Å². The third kappa shape index (κ3) is 6.28. The summed E-state index contributed by atoms with van der Waals surface area (Å²) in [7, 11) is 5.28. The lowest BCUT2D eigenvalue weighted by Gasteiger charge is -2.34. The van der Waals surface area contributed by atoms with Crippen molar-refractivity contribution in [2.45, 2.75) is 31.8 Å². The van der Waals surface area contributed by atoms with Crippen LogP contribution in [0.4, 0.5) is 0 Å². The molecule has 0 radical (unpaired) electrons. The number of carbonyl (C=O) groups is 1. The summed E-state index contributed by atoms with van der Waals surface area (Å²) in [5.74, 6) is 1.69. The van der Waals surface area contributed by atoms with Gasteiger partial charge in [-0.3, -0.25) is 9.79 Å². The van der Waals surface area contributed by atoms with Gasteiger partial charge in [0.15, 0.2) is 5.96 Å². The van der Waals surface area contributed by atoms with Gasteiger partial charge in [0, 0.05) is 40.8 Å². The van der Waals surface area contributed by atoms with Crippen molar-refractivity contribution in [3.63, 3.8) is 0 Å². The topological polar surface area (TPSA) is 57.2 Å². The summed E-state index contributed by atoms with van der Waals surface area (Å²) in [6.45, 7) is 3.10. The van der Waals surface area contributed by atoms with Crippen LogP contribution in [0.5, 0.6) is 0 Å². The minimum absolute atomic E-state index is 0. The standard InChI is InChI=1S/C15H28N4O2.HI/c1-16-15(17-10-14(20)18(2)3)19-8-6-13(7-9-19)21-11-12-4-5-12;/h12-13H,4-11H2,1-3H3,(H,16,17);1H. The number of amides is 1. The first kappa shape index (κ1) is 19.5. The molecule has 0 atom stereocenters. The third-order valence-corrected chi connectivity index (χ3v) is 4.11. The minimum Gasteiger partial charge on any atom is -0.378 e. The maximum atomic E-state index is 11.6. The number of piperidine rings is 1. The van der Waals surface area contributed by atoms with E-state index in [-0.39, 0.29) is 36.4 Å². The van der Waals surface area contributed by atoms with Gasteiger partial charge in [0.05, 0.1) is 12.6 Å². The number of hydrogen-bond donors (Lipinski definition) is 1. The summed E-state index contributed by atoms with van der Waals surface area (Å²) in [4.78, 5) is 19.7. The molecule has 0 bridgehead atoms. The lowest BCUT2D eigenvalue weighted by molar-refractivity contribution is -0.127. The number of carbonyl (C=O) groups excluding carboxylic acids is 1. The molecule has 2 rings (SSSR count). The molecular weight excluding hydrogens is 395 g/mol. The number of hydrogen-bond acceptors (Lipinski definition) is 3. The highest BCUT2D eigenvalue weighted by atomic mass is 127. The lowest BCUT2D eigenvalue weighted by atomic mass is 10.1. The van der Waals surface area contributed by atoms with Crippen molar-refractivity contribution in [2.24, 2.45) is 10.9 Å². The fourth-order valence-electron chi connectivity index (χ4n) is 2.44. The summed E-state index contributed by atoms with van der Waals surface area (Å²) in [6, 6.07) is 0. The predicted octanol–water partition coefficient (Wildman–Crippen LogP) is 1.16. The van der Waals surface area contributed by atoms with Crippen molar-refractivity contribution in [1.29, 1.82) is 0 Å². The van der Waals surface area contributed by atoms with Crippen molar-refractivity contribution in [3.8, 4) is 0 Å². The quantitative estimate of drug-likeness (QED) is 0.409. The lowest BCUT2D eigenvalue weighted by Crippen LogP contribution is -2.49. The van der Waals surface area contributed by atoms with Gasteiger partial charge in [0.1, 0.15) is 0 Å². The Morgan fingerprint density at radius 3 is 2.41 bits per heavy atom. The van der Waals surface area contributed by atoms with Gasteiger partial charge in [-0.1, -0.05) is 0 Å². The molecule has 1 saturated carbocycles. The van der Waals surface area contributed by atoms with Gasteiger partial charge in [-0.15, -0.1) is 24.0 Å². The molecule has 0 aromatic heterocycles. The van der Waals surface area contributed by atoms with Crippen molar-refractivity contribution >= 4 is 35.8 Å². The molecule has 7 heteroatoms. The maximum absolute atomic E-state index is 11.6. The molecule has 22 heavy (non-hydrogen) atoms. The second kappa shape index (κ2) is 9.54. The first-order chi connectivity index (χ1) is 10.1. The normalized spacial score (nSPS) is 19.6. The molecule has 1 aliphatic carbocycles. The van der Waals surface area contributed by atoms with Crippen molar-refractivity contribution in [1.82, 2.24) is 15.1 Å². The molecular formula is C15H29IN4O2. The molecule has 1 N–H and O–H groups in total. The number of rotatable bonds is 5. The van der Waals surface area contributed by atoms with Crippen LogP contribution in [0.25, 0.3) is 0 Å². The van der Waals surface area contributed by atoms with E-state index in [1.807, 2.05) is 0 Å². The van der Waals surface area contributed by atoms with Crippen LogP contribution in [-0.2, 0) is 9.53 Å². The van der Waals surface area contributed by atoms with Crippen molar-refractivity contribution < 1.29 is 9.53 Å². The van der Waals surface area contributed by atoms with Crippen molar-refractivity contribution in [2.75, 3.05) is 47.4 Å². The number of nitrogens with zero attached hydrogens (tertiary/aromatic N) is 3. The number of likely N-dealkylation sites (N-methyl/N-ethyl adjacent to an activating group) is 1. The summed E-state index contributed by atoms with van der Waals surface area (Å²) in [6.07, 6.45) is 5.15. The van der Waals surface area contributed by atoms with Gasteiger partial charge in [-0.2, -0.15) is 0 Å². The molecule has 0 aromatic rings. The fourth-order valence-corrected chi connectivity index (χ4v) is 2.44. The molecule has 1 amide bonds. The van der Waals surface area contributed by atoms with Crippen molar-refractivity contribution in [3.05, 3.63) is 0 Å². The number of aliphatic imine (C=N–C) groups is 1. The molecule has 1 saturated heterocycles. The smallest absolute Gasteiger partial charge is 0.241 e. The summed E-state index contributed by atoms with van der Waals surface area (Å²) < 4.78 is 5.95. The SMILES string of the molecule is CN=C(NCC(=O)N(C)C)N1CCC(OCC2CC2)CC1.I. The average molecular weight is 424 g/mol. The minimum atomic E-state index is 0. The Bertz CT molecular complexity index is 378. The Balaban J connectivity index is 0.00000242. The van der Waals surface area contributed by atoms with E-state index in [1.54, 1.807) is 26.0 Å². The monoisotopic (exact) mass is 424 g/mol. The first-order valence-corrected chi connectivity index (χ1v) is 7.87. The third-order valence-electron chi connectivity index (χ3n) is 4.11. The van der Waals surface area contributed by atoms with Crippen LogP contribution in [0, 0.1) is 5.92 Å². The van der Waals surface area contributed by atoms with Crippen LogP contribution in [0.15, 0.2) is 4.99 Å². The molecule has 2 fully saturated rings. The Kier molecular flexibility index (Phi) is 8.45. The Morgan fingerprint density at radius 2 is 1.91 bits per heavy atom. The van der Waals surface area contributed by atoms with E-state index in [9.17, 15) is 4.79 Å². The van der Waals surface area contributed by atoms with Crippen LogP contribution >= 0.6 is 24.0 Å². The zero-order valence-electron chi connectivity index (χ0n) is 13.9. The van der Waals surface area contributed by atoms with E-state index in [1.165, 1.54) is 12.8 Å². The van der Waals surface area contributed by atoms with E-state index < -0.39 is 0 Å². The van der Waals surface area contributed by atoms with Gasteiger partial charge in [0.25, 0.3) is 0 Å². The highest BCUT2D eigenvalue weighted by Crippen LogP contribution is 2.30. The molecule has 0 spiro atoms. The molecule has 0 aromatic carbocycles. The number of halogens is 1.